The van der Waals surface area contributed by atoms with Crippen molar-refractivity contribution in [1.29, 1.82) is 0 Å². The summed E-state index contributed by atoms with van der Waals surface area (Å²) >= 11 is 5.87. The number of aryl methyl sites for hydroxylation is 1. The highest BCUT2D eigenvalue weighted by Gasteiger charge is 2.15. The van der Waals surface area contributed by atoms with Crippen molar-refractivity contribution in [2.45, 2.75) is 25.8 Å². The topological polar surface area (TPSA) is 56.7 Å². The second-order valence-electron chi connectivity index (χ2n) is 4.07. The third-order valence-corrected chi connectivity index (χ3v) is 2.81. The molecule has 2 N–H and O–H groups in total. The summed E-state index contributed by atoms with van der Waals surface area (Å²) in [6.07, 6.45) is 0. The lowest BCUT2D eigenvalue weighted by Gasteiger charge is -2.11. The van der Waals surface area contributed by atoms with E-state index in [1.54, 1.807) is 0 Å². The molecule has 0 radical (unpaired) electrons. The minimum atomic E-state index is -0.180. The molecular formula is C12H15ClN4. The molecular weight excluding hydrogens is 236 g/mol. The van der Waals surface area contributed by atoms with Crippen LogP contribution in [0.25, 0.3) is 5.69 Å². The second-order valence-corrected chi connectivity index (χ2v) is 4.33. The van der Waals surface area contributed by atoms with Crippen LogP contribution < -0.4 is 5.73 Å². The average molecular weight is 251 g/mol. The molecule has 0 aliphatic heterocycles. The van der Waals surface area contributed by atoms with E-state index < -0.39 is 0 Å². The summed E-state index contributed by atoms with van der Waals surface area (Å²) in [6, 6.07) is 7.93. The zero-order valence-corrected chi connectivity index (χ0v) is 10.6. The Morgan fingerprint density at radius 1 is 1.29 bits per heavy atom. The van der Waals surface area contributed by atoms with Gasteiger partial charge in [-0.2, -0.15) is 0 Å². The van der Waals surface area contributed by atoms with Gasteiger partial charge in [-0.25, -0.2) is 0 Å². The summed E-state index contributed by atoms with van der Waals surface area (Å²) in [7, 11) is 0. The molecule has 1 unspecified atom stereocenters. The molecule has 1 atom stereocenters. The molecule has 0 amide bonds. The minimum absolute atomic E-state index is 0.180. The van der Waals surface area contributed by atoms with Crippen molar-refractivity contribution in [3.05, 3.63) is 41.5 Å². The molecule has 1 heterocycles. The van der Waals surface area contributed by atoms with Crippen LogP contribution in [0.15, 0.2) is 24.3 Å². The lowest BCUT2D eigenvalue weighted by Crippen LogP contribution is -2.13. The molecule has 0 aliphatic carbocycles. The van der Waals surface area contributed by atoms with Crippen LogP contribution in [0.2, 0.25) is 0 Å². The summed E-state index contributed by atoms with van der Waals surface area (Å²) in [4.78, 5) is 0. The molecule has 0 bridgehead atoms. The Labute approximate surface area is 105 Å². The monoisotopic (exact) mass is 250 g/mol. The first kappa shape index (κ1) is 12.1. The molecule has 0 saturated carbocycles. The van der Waals surface area contributed by atoms with Gasteiger partial charge in [-0.15, -0.1) is 21.8 Å². The highest BCUT2D eigenvalue weighted by Crippen LogP contribution is 2.18. The first-order valence-electron chi connectivity index (χ1n) is 5.46. The van der Waals surface area contributed by atoms with E-state index in [0.717, 1.165) is 11.5 Å². The van der Waals surface area contributed by atoms with E-state index in [1.807, 2.05) is 42.7 Å². The lowest BCUT2D eigenvalue weighted by atomic mass is 10.2. The summed E-state index contributed by atoms with van der Waals surface area (Å²) in [5.41, 5.74) is 8.08. The predicted octanol–water partition coefficient (Wildman–Crippen LogP) is 2.33. The number of rotatable bonds is 3. The highest BCUT2D eigenvalue weighted by molar-refractivity contribution is 6.16. The van der Waals surface area contributed by atoms with Gasteiger partial charge in [0.1, 0.15) is 0 Å². The van der Waals surface area contributed by atoms with Gasteiger partial charge in [0.15, 0.2) is 11.6 Å². The Balaban J connectivity index is 2.55. The molecule has 1 aromatic carbocycles. The molecule has 1 aromatic heterocycles. The van der Waals surface area contributed by atoms with Gasteiger partial charge >= 0.3 is 0 Å². The van der Waals surface area contributed by atoms with Crippen molar-refractivity contribution in [2.24, 2.45) is 5.73 Å². The molecule has 2 aromatic rings. The number of aromatic nitrogens is 3. The van der Waals surface area contributed by atoms with Gasteiger partial charge in [0.05, 0.1) is 11.9 Å². The van der Waals surface area contributed by atoms with Crippen LogP contribution >= 0.6 is 11.6 Å². The van der Waals surface area contributed by atoms with Crippen LogP contribution in [0.3, 0.4) is 0 Å². The number of halogens is 1. The summed E-state index contributed by atoms with van der Waals surface area (Å²) in [5, 5.41) is 8.14. The molecule has 90 valence electrons. The fourth-order valence-corrected chi connectivity index (χ4v) is 1.86. The van der Waals surface area contributed by atoms with Crippen LogP contribution in [0, 0.1) is 6.92 Å². The zero-order chi connectivity index (χ0) is 12.4. The number of alkyl halides is 1. The fourth-order valence-electron chi connectivity index (χ4n) is 1.69. The maximum Gasteiger partial charge on any atom is 0.154 e. The maximum absolute atomic E-state index is 5.88. The van der Waals surface area contributed by atoms with Crippen LogP contribution in [-0.2, 0) is 5.88 Å². The third kappa shape index (κ3) is 2.33. The summed E-state index contributed by atoms with van der Waals surface area (Å²) in [5.74, 6) is 1.75. The van der Waals surface area contributed by atoms with Gasteiger partial charge in [0, 0.05) is 5.69 Å². The third-order valence-electron chi connectivity index (χ3n) is 2.57. The molecule has 0 aliphatic rings. The van der Waals surface area contributed by atoms with Crippen molar-refractivity contribution in [2.75, 3.05) is 0 Å². The van der Waals surface area contributed by atoms with Gasteiger partial charge in [-0.05, 0) is 26.0 Å². The fraction of sp³-hybridized carbons (Fsp3) is 0.333. The molecule has 0 fully saturated rings. The van der Waals surface area contributed by atoms with E-state index in [4.69, 9.17) is 17.3 Å². The largest absolute Gasteiger partial charge is 0.322 e. The van der Waals surface area contributed by atoms with Gasteiger partial charge in [-0.1, -0.05) is 17.7 Å². The summed E-state index contributed by atoms with van der Waals surface area (Å²) < 4.78 is 1.91. The van der Waals surface area contributed by atoms with Crippen molar-refractivity contribution in [1.82, 2.24) is 14.8 Å². The van der Waals surface area contributed by atoms with E-state index >= 15 is 0 Å². The Morgan fingerprint density at radius 3 is 2.47 bits per heavy atom. The quantitative estimate of drug-likeness (QED) is 0.851. The Morgan fingerprint density at radius 2 is 1.94 bits per heavy atom. The van der Waals surface area contributed by atoms with E-state index in [9.17, 15) is 0 Å². The van der Waals surface area contributed by atoms with E-state index in [2.05, 4.69) is 10.2 Å². The minimum Gasteiger partial charge on any atom is -0.322 e. The normalized spacial score (nSPS) is 12.7. The van der Waals surface area contributed by atoms with Crippen LogP contribution in [-0.4, -0.2) is 14.8 Å². The smallest absolute Gasteiger partial charge is 0.154 e. The Hall–Kier alpha value is -1.39. The van der Waals surface area contributed by atoms with E-state index in [1.165, 1.54) is 5.56 Å². The predicted molar refractivity (Wildman–Crippen MR) is 68.3 cm³/mol. The van der Waals surface area contributed by atoms with Crippen molar-refractivity contribution in [3.8, 4) is 5.69 Å². The highest BCUT2D eigenvalue weighted by atomic mass is 35.5. The second kappa shape index (κ2) is 4.85. The van der Waals surface area contributed by atoms with Gasteiger partial charge in [-0.3, -0.25) is 4.57 Å². The van der Waals surface area contributed by atoms with Crippen LogP contribution in [0.4, 0.5) is 0 Å². The van der Waals surface area contributed by atoms with Crippen molar-refractivity contribution >= 4 is 11.6 Å². The number of nitrogens with zero attached hydrogens (tertiary/aromatic N) is 3. The van der Waals surface area contributed by atoms with Crippen molar-refractivity contribution in [3.63, 3.8) is 0 Å². The average Bonchev–Trinajstić information content (AvgIpc) is 2.73. The van der Waals surface area contributed by atoms with E-state index in [-0.39, 0.29) is 6.04 Å². The number of hydrogen-bond donors (Lipinski definition) is 1. The molecule has 4 nitrogen and oxygen atoms in total. The van der Waals surface area contributed by atoms with Crippen molar-refractivity contribution < 1.29 is 0 Å². The SMILES string of the molecule is Cc1ccc(-n2c(CCl)nnc2C(C)N)cc1. The number of benzene rings is 1. The van der Waals surface area contributed by atoms with Crippen LogP contribution in [0.5, 0.6) is 0 Å². The Kier molecular flexibility index (Phi) is 3.45. The van der Waals surface area contributed by atoms with Gasteiger partial charge < -0.3 is 5.73 Å². The van der Waals surface area contributed by atoms with E-state index in [0.29, 0.717) is 11.7 Å². The molecule has 17 heavy (non-hydrogen) atoms. The molecule has 0 spiro atoms. The zero-order valence-electron chi connectivity index (χ0n) is 9.89. The molecule has 5 heteroatoms. The lowest BCUT2D eigenvalue weighted by molar-refractivity contribution is 0.711. The first-order valence-corrected chi connectivity index (χ1v) is 5.99. The standard InChI is InChI=1S/C12H15ClN4/c1-8-3-5-10(6-4-8)17-11(7-13)15-16-12(17)9(2)14/h3-6,9H,7,14H2,1-2H3. The first-order chi connectivity index (χ1) is 8.13. The molecule has 2 rings (SSSR count). The van der Waals surface area contributed by atoms with Crippen LogP contribution in [0.1, 0.15) is 30.2 Å². The summed E-state index contributed by atoms with van der Waals surface area (Å²) in [6.45, 7) is 3.93. The Bertz CT molecular complexity index is 502. The molecule has 0 saturated heterocycles. The number of hydrogen-bond acceptors (Lipinski definition) is 3. The number of nitrogens with two attached hydrogens (primary N) is 1. The maximum atomic E-state index is 5.88. The van der Waals surface area contributed by atoms with Gasteiger partial charge in [0.2, 0.25) is 0 Å². The van der Waals surface area contributed by atoms with Gasteiger partial charge in [0.25, 0.3) is 0 Å².